The standard InChI is InChI=1S/C14H20N2O6/c15-11(13(17)18)5-7-21-9-1-2-10(4-3-9)22-8-6-12(16)14(19)20/h1-4,11-12H,5-8,15-16H2,(H,17,18)(H,19,20). The van der Waals surface area contributed by atoms with Crippen LogP contribution in [0.25, 0.3) is 0 Å². The monoisotopic (exact) mass is 312 g/mol. The van der Waals surface area contributed by atoms with Crippen molar-refractivity contribution in [1.29, 1.82) is 0 Å². The van der Waals surface area contributed by atoms with Crippen LogP contribution in [0.5, 0.6) is 11.5 Å². The second-order valence-electron chi connectivity index (χ2n) is 4.64. The van der Waals surface area contributed by atoms with Crippen molar-refractivity contribution < 1.29 is 29.3 Å². The van der Waals surface area contributed by atoms with E-state index >= 15 is 0 Å². The summed E-state index contributed by atoms with van der Waals surface area (Å²) in [5.41, 5.74) is 10.7. The Morgan fingerprint density at radius 2 is 1.18 bits per heavy atom. The van der Waals surface area contributed by atoms with E-state index in [0.29, 0.717) is 11.5 Å². The van der Waals surface area contributed by atoms with Gasteiger partial charge in [0.15, 0.2) is 0 Å². The zero-order valence-electron chi connectivity index (χ0n) is 12.0. The summed E-state index contributed by atoms with van der Waals surface area (Å²) in [7, 11) is 0. The van der Waals surface area contributed by atoms with Crippen LogP contribution in [0.1, 0.15) is 12.8 Å². The van der Waals surface area contributed by atoms with Gasteiger partial charge in [-0.15, -0.1) is 0 Å². The molecule has 2 atom stereocenters. The van der Waals surface area contributed by atoms with Crippen molar-refractivity contribution in [3.05, 3.63) is 24.3 Å². The molecule has 0 saturated carbocycles. The molecule has 0 heterocycles. The van der Waals surface area contributed by atoms with E-state index in [1.807, 2.05) is 0 Å². The van der Waals surface area contributed by atoms with E-state index in [4.69, 9.17) is 31.2 Å². The van der Waals surface area contributed by atoms with E-state index in [1.165, 1.54) is 0 Å². The molecule has 0 amide bonds. The molecule has 0 aromatic heterocycles. The maximum atomic E-state index is 10.5. The van der Waals surface area contributed by atoms with Crippen LogP contribution in [0.15, 0.2) is 24.3 Å². The van der Waals surface area contributed by atoms with Gasteiger partial charge in [-0.3, -0.25) is 9.59 Å². The Bertz CT molecular complexity index is 446. The van der Waals surface area contributed by atoms with Crippen LogP contribution in [0.3, 0.4) is 0 Å². The first-order valence-corrected chi connectivity index (χ1v) is 6.72. The third-order valence-corrected chi connectivity index (χ3v) is 2.85. The van der Waals surface area contributed by atoms with Crippen LogP contribution in [0.4, 0.5) is 0 Å². The Labute approximate surface area is 127 Å². The lowest BCUT2D eigenvalue weighted by Crippen LogP contribution is -2.31. The van der Waals surface area contributed by atoms with Gasteiger partial charge in [0.1, 0.15) is 23.6 Å². The van der Waals surface area contributed by atoms with Crippen LogP contribution in [0, 0.1) is 0 Å². The van der Waals surface area contributed by atoms with Gasteiger partial charge in [0.2, 0.25) is 0 Å². The van der Waals surface area contributed by atoms with Gasteiger partial charge in [0, 0.05) is 12.8 Å². The number of benzene rings is 1. The maximum absolute atomic E-state index is 10.5. The second kappa shape index (κ2) is 8.85. The van der Waals surface area contributed by atoms with Gasteiger partial charge in [-0.2, -0.15) is 0 Å². The van der Waals surface area contributed by atoms with Crippen molar-refractivity contribution in [2.75, 3.05) is 13.2 Å². The Hall–Kier alpha value is -2.32. The minimum atomic E-state index is -1.06. The molecule has 0 aliphatic carbocycles. The Morgan fingerprint density at radius 1 is 0.864 bits per heavy atom. The highest BCUT2D eigenvalue weighted by atomic mass is 16.5. The Kier molecular flexibility index (Phi) is 7.14. The molecule has 2 unspecified atom stereocenters. The number of ether oxygens (including phenoxy) is 2. The van der Waals surface area contributed by atoms with Crippen LogP contribution < -0.4 is 20.9 Å². The fraction of sp³-hybridized carbons (Fsp3) is 0.429. The topological polar surface area (TPSA) is 145 Å². The molecule has 1 rings (SSSR count). The number of hydrogen-bond acceptors (Lipinski definition) is 6. The van der Waals surface area contributed by atoms with Crippen LogP contribution >= 0.6 is 0 Å². The molecular weight excluding hydrogens is 292 g/mol. The first-order chi connectivity index (χ1) is 10.4. The van der Waals surface area contributed by atoms with Crippen molar-refractivity contribution in [2.45, 2.75) is 24.9 Å². The predicted octanol–water partition coefficient (Wildman–Crippen LogP) is 0.0482. The zero-order valence-corrected chi connectivity index (χ0v) is 12.0. The number of nitrogens with two attached hydrogens (primary N) is 2. The molecule has 0 fully saturated rings. The molecule has 0 aliphatic heterocycles. The zero-order chi connectivity index (χ0) is 16.5. The van der Waals surface area contributed by atoms with Crippen LogP contribution in [0.2, 0.25) is 0 Å². The lowest BCUT2D eigenvalue weighted by atomic mass is 10.2. The molecule has 0 saturated heterocycles. The van der Waals surface area contributed by atoms with E-state index < -0.39 is 24.0 Å². The number of carbonyl (C=O) groups is 2. The molecule has 8 nitrogen and oxygen atoms in total. The van der Waals surface area contributed by atoms with Gasteiger partial charge in [0.05, 0.1) is 13.2 Å². The average molecular weight is 312 g/mol. The highest BCUT2D eigenvalue weighted by Gasteiger charge is 2.12. The molecule has 8 heteroatoms. The summed E-state index contributed by atoms with van der Waals surface area (Å²) in [4.78, 5) is 21.1. The molecule has 1 aromatic rings. The number of rotatable bonds is 10. The molecule has 122 valence electrons. The van der Waals surface area contributed by atoms with Crippen molar-refractivity contribution >= 4 is 11.9 Å². The summed E-state index contributed by atoms with van der Waals surface area (Å²) in [6, 6.07) is 4.77. The van der Waals surface area contributed by atoms with Crippen molar-refractivity contribution in [3.8, 4) is 11.5 Å². The number of carboxylic acids is 2. The van der Waals surface area contributed by atoms with Crippen molar-refractivity contribution in [3.63, 3.8) is 0 Å². The summed E-state index contributed by atoms with van der Waals surface area (Å²) in [5.74, 6) is -1.00. The van der Waals surface area contributed by atoms with E-state index in [1.54, 1.807) is 24.3 Å². The highest BCUT2D eigenvalue weighted by molar-refractivity contribution is 5.73. The molecule has 22 heavy (non-hydrogen) atoms. The Balaban J connectivity index is 2.31. The normalized spacial score (nSPS) is 13.2. The van der Waals surface area contributed by atoms with Gasteiger partial charge in [0.25, 0.3) is 0 Å². The lowest BCUT2D eigenvalue weighted by Gasteiger charge is -2.11. The molecule has 6 N–H and O–H groups in total. The number of aliphatic carboxylic acids is 2. The molecule has 1 aromatic carbocycles. The van der Waals surface area contributed by atoms with Crippen molar-refractivity contribution in [2.24, 2.45) is 11.5 Å². The summed E-state index contributed by atoms with van der Waals surface area (Å²) < 4.78 is 10.7. The van der Waals surface area contributed by atoms with E-state index in [-0.39, 0.29) is 26.1 Å². The summed E-state index contributed by atoms with van der Waals surface area (Å²) in [5, 5.41) is 17.3. The molecule has 0 radical (unpaired) electrons. The largest absolute Gasteiger partial charge is 0.494 e. The van der Waals surface area contributed by atoms with Crippen LogP contribution in [-0.2, 0) is 9.59 Å². The fourth-order valence-corrected chi connectivity index (χ4v) is 1.49. The van der Waals surface area contributed by atoms with E-state index in [9.17, 15) is 9.59 Å². The third kappa shape index (κ3) is 6.42. The smallest absolute Gasteiger partial charge is 0.320 e. The van der Waals surface area contributed by atoms with E-state index in [2.05, 4.69) is 0 Å². The first kappa shape index (κ1) is 17.7. The lowest BCUT2D eigenvalue weighted by molar-refractivity contribution is -0.139. The fourth-order valence-electron chi connectivity index (χ4n) is 1.49. The summed E-state index contributed by atoms with van der Waals surface area (Å²) >= 11 is 0. The molecular formula is C14H20N2O6. The van der Waals surface area contributed by atoms with Gasteiger partial charge in [-0.1, -0.05) is 0 Å². The summed E-state index contributed by atoms with van der Waals surface area (Å²) in [6.07, 6.45) is 0.418. The molecule has 0 spiro atoms. The second-order valence-corrected chi connectivity index (χ2v) is 4.64. The minimum absolute atomic E-state index is 0.196. The molecule has 0 bridgehead atoms. The first-order valence-electron chi connectivity index (χ1n) is 6.72. The SMILES string of the molecule is NC(CCOc1ccc(OCCC(N)C(=O)O)cc1)C(=O)O. The highest BCUT2D eigenvalue weighted by Crippen LogP contribution is 2.18. The summed E-state index contributed by atoms with van der Waals surface area (Å²) in [6.45, 7) is 0.391. The van der Waals surface area contributed by atoms with Gasteiger partial charge in [-0.05, 0) is 24.3 Å². The van der Waals surface area contributed by atoms with Gasteiger partial charge >= 0.3 is 11.9 Å². The maximum Gasteiger partial charge on any atom is 0.320 e. The Morgan fingerprint density at radius 3 is 1.45 bits per heavy atom. The van der Waals surface area contributed by atoms with Gasteiger partial charge < -0.3 is 31.2 Å². The van der Waals surface area contributed by atoms with Gasteiger partial charge in [-0.25, -0.2) is 0 Å². The minimum Gasteiger partial charge on any atom is -0.494 e. The third-order valence-electron chi connectivity index (χ3n) is 2.85. The average Bonchev–Trinajstić information content (AvgIpc) is 2.48. The quantitative estimate of drug-likeness (QED) is 0.474. The number of hydrogen-bond donors (Lipinski definition) is 4. The molecule has 0 aliphatic rings. The predicted molar refractivity (Wildman–Crippen MR) is 77.9 cm³/mol. The van der Waals surface area contributed by atoms with Crippen molar-refractivity contribution in [1.82, 2.24) is 0 Å². The van der Waals surface area contributed by atoms with Crippen LogP contribution in [-0.4, -0.2) is 47.4 Å². The van der Waals surface area contributed by atoms with E-state index in [0.717, 1.165) is 0 Å². The number of carboxylic acid groups (broad SMARTS) is 2.